The van der Waals surface area contributed by atoms with Gasteiger partial charge in [-0.15, -0.1) is 26.0 Å². The van der Waals surface area contributed by atoms with Crippen LogP contribution in [0.4, 0.5) is 0 Å². The Balaban J connectivity index is -0.000000420. The molecule has 0 unspecified atom stereocenters. The van der Waals surface area contributed by atoms with Gasteiger partial charge in [-0.1, -0.05) is 93.1 Å². The van der Waals surface area contributed by atoms with Crippen molar-refractivity contribution in [3.63, 3.8) is 0 Å². The van der Waals surface area contributed by atoms with Gasteiger partial charge in [0.15, 0.2) is 0 Å². The van der Waals surface area contributed by atoms with Gasteiger partial charge in [0.2, 0.25) is 0 Å². The van der Waals surface area contributed by atoms with Crippen LogP contribution in [-0.2, 0) is 0 Å². The number of benzene rings is 2. The standard InChI is InChI=1S/C12H17N.C9H12.C8H10.C2H6.C2H4.C2H2/c1-4-6-11-8-12(9(3)13)7-10(11)5-2;1-7-5-4-6-8(2)9(7)3;1-7-3-5-8(2)6-4-7;3*1-2/h5-6,8H,3-4,7,13H2,1-2H3;4-6H,1-3H3;3-6H,1-2H3;1-2H3;1-2H2;1-2H/b10-5-,11-6-;;;;;. The second-order valence-electron chi connectivity index (χ2n) is 7.92. The summed E-state index contributed by atoms with van der Waals surface area (Å²) in [7, 11) is 0. The van der Waals surface area contributed by atoms with Gasteiger partial charge >= 0.3 is 0 Å². The molecule has 0 aromatic heterocycles. The number of hydrogen-bond acceptors (Lipinski definition) is 1. The highest BCUT2D eigenvalue weighted by atomic mass is 14.6. The van der Waals surface area contributed by atoms with Crippen LogP contribution >= 0.6 is 0 Å². The molecule has 1 aliphatic rings. The monoisotopic (exact) mass is 485 g/mol. The topological polar surface area (TPSA) is 26.0 Å². The van der Waals surface area contributed by atoms with E-state index in [4.69, 9.17) is 5.73 Å². The third-order valence-corrected chi connectivity index (χ3v) is 5.36. The molecule has 0 atom stereocenters. The highest BCUT2D eigenvalue weighted by Crippen LogP contribution is 2.31. The van der Waals surface area contributed by atoms with Crippen molar-refractivity contribution in [2.45, 2.75) is 75.2 Å². The van der Waals surface area contributed by atoms with Crippen molar-refractivity contribution in [3.8, 4) is 12.8 Å². The first-order chi connectivity index (χ1) is 17.2. The number of hydrogen-bond donors (Lipinski definition) is 1. The number of aryl methyl sites for hydroxylation is 4. The summed E-state index contributed by atoms with van der Waals surface area (Å²) in [6.45, 7) is 28.6. The van der Waals surface area contributed by atoms with Crippen molar-refractivity contribution in [2.75, 3.05) is 0 Å². The second-order valence-corrected chi connectivity index (χ2v) is 7.92. The molecule has 2 aromatic carbocycles. The fourth-order valence-electron chi connectivity index (χ4n) is 3.06. The first-order valence-corrected chi connectivity index (χ1v) is 12.6. The first-order valence-electron chi connectivity index (χ1n) is 12.6. The second kappa shape index (κ2) is 23.3. The van der Waals surface area contributed by atoms with Crippen LogP contribution in [0.3, 0.4) is 0 Å². The molecule has 0 heterocycles. The Hall–Kier alpha value is -3.50. The maximum absolute atomic E-state index is 5.66. The van der Waals surface area contributed by atoms with E-state index in [-0.39, 0.29) is 0 Å². The summed E-state index contributed by atoms with van der Waals surface area (Å²) in [5, 5.41) is 0. The Morgan fingerprint density at radius 1 is 0.889 bits per heavy atom. The lowest BCUT2D eigenvalue weighted by Gasteiger charge is -2.00. The van der Waals surface area contributed by atoms with Crippen LogP contribution in [0.5, 0.6) is 0 Å². The van der Waals surface area contributed by atoms with Gasteiger partial charge in [-0.25, -0.2) is 0 Å². The minimum Gasteiger partial charge on any atom is -0.399 e. The maximum atomic E-state index is 5.66. The molecule has 0 saturated heterocycles. The summed E-state index contributed by atoms with van der Waals surface area (Å²) in [6.07, 6.45) is 16.5. The summed E-state index contributed by atoms with van der Waals surface area (Å²) in [5.41, 5.74) is 17.0. The zero-order valence-corrected chi connectivity index (χ0v) is 24.5. The Bertz CT molecular complexity index is 938. The molecule has 0 saturated carbocycles. The van der Waals surface area contributed by atoms with E-state index in [1.807, 2.05) is 13.8 Å². The van der Waals surface area contributed by atoms with Gasteiger partial charge < -0.3 is 5.73 Å². The van der Waals surface area contributed by atoms with Crippen LogP contribution in [0.15, 0.2) is 103 Å². The predicted octanol–water partition coefficient (Wildman–Crippen LogP) is 10.1. The lowest BCUT2D eigenvalue weighted by atomic mass is 10.1. The summed E-state index contributed by atoms with van der Waals surface area (Å²) < 4.78 is 0. The van der Waals surface area contributed by atoms with Gasteiger partial charge in [-0.2, -0.15) is 0 Å². The molecule has 0 fully saturated rings. The number of nitrogens with two attached hydrogens (primary N) is 1. The fraction of sp³-hybridized carbons (Fsp3) is 0.314. The molecule has 3 rings (SSSR count). The molecule has 1 heteroatoms. The molecule has 2 aromatic rings. The van der Waals surface area contributed by atoms with Crippen LogP contribution in [0.1, 0.15) is 68.4 Å². The minimum absolute atomic E-state index is 0.693. The molecule has 196 valence electrons. The molecule has 36 heavy (non-hydrogen) atoms. The van der Waals surface area contributed by atoms with Gasteiger partial charge in [0.25, 0.3) is 0 Å². The van der Waals surface area contributed by atoms with Gasteiger partial charge in [-0.3, -0.25) is 0 Å². The predicted molar refractivity (Wildman–Crippen MR) is 167 cm³/mol. The Morgan fingerprint density at radius 3 is 1.61 bits per heavy atom. The zero-order valence-electron chi connectivity index (χ0n) is 24.5. The lowest BCUT2D eigenvalue weighted by Crippen LogP contribution is -1.96. The SMILES string of the molecule is C#C.C=C.C=C(N)C1=CC(=C/CC)/C(=C\C)C1.CC.Cc1ccc(C)cc1.Cc1cccc(C)c1C. The number of rotatable bonds is 2. The van der Waals surface area contributed by atoms with Crippen molar-refractivity contribution in [1.82, 2.24) is 0 Å². The Morgan fingerprint density at radius 2 is 1.31 bits per heavy atom. The molecule has 0 radical (unpaired) electrons. The average Bonchev–Trinajstić information content (AvgIpc) is 3.32. The van der Waals surface area contributed by atoms with E-state index in [9.17, 15) is 0 Å². The van der Waals surface area contributed by atoms with E-state index in [1.165, 1.54) is 39.0 Å². The summed E-state index contributed by atoms with van der Waals surface area (Å²) in [5.74, 6) is 0. The largest absolute Gasteiger partial charge is 0.399 e. The third kappa shape index (κ3) is 15.4. The molecule has 1 nitrogen and oxygen atoms in total. The van der Waals surface area contributed by atoms with Crippen LogP contribution < -0.4 is 5.73 Å². The van der Waals surface area contributed by atoms with Crippen molar-refractivity contribution in [2.24, 2.45) is 5.73 Å². The molecular formula is C35H51N. The van der Waals surface area contributed by atoms with E-state index in [0.717, 1.165) is 18.4 Å². The van der Waals surface area contributed by atoms with Crippen LogP contribution in [0.25, 0.3) is 0 Å². The van der Waals surface area contributed by atoms with Crippen molar-refractivity contribution >= 4 is 0 Å². The van der Waals surface area contributed by atoms with E-state index >= 15 is 0 Å². The average molecular weight is 486 g/mol. The van der Waals surface area contributed by atoms with Crippen molar-refractivity contribution in [3.05, 3.63) is 131 Å². The number of terminal acetylenes is 1. The van der Waals surface area contributed by atoms with Crippen LogP contribution in [0.2, 0.25) is 0 Å². The fourth-order valence-corrected chi connectivity index (χ4v) is 3.06. The summed E-state index contributed by atoms with van der Waals surface area (Å²) in [4.78, 5) is 0. The highest BCUT2D eigenvalue weighted by molar-refractivity contribution is 5.54. The summed E-state index contributed by atoms with van der Waals surface area (Å²) >= 11 is 0. The normalized spacial score (nSPS) is 12.9. The lowest BCUT2D eigenvalue weighted by molar-refractivity contribution is 1.16. The Labute approximate surface area is 224 Å². The Kier molecular flexibility index (Phi) is 23.9. The van der Waals surface area contributed by atoms with Gasteiger partial charge in [0.05, 0.1) is 0 Å². The minimum atomic E-state index is 0.693. The first kappa shape index (κ1) is 37.1. The zero-order chi connectivity index (χ0) is 28.7. The smallest absolute Gasteiger partial charge is 0.0277 e. The maximum Gasteiger partial charge on any atom is 0.0277 e. The molecule has 0 bridgehead atoms. The third-order valence-electron chi connectivity index (χ3n) is 5.36. The number of allylic oxidation sites excluding steroid dienone is 6. The quantitative estimate of drug-likeness (QED) is 0.332. The van der Waals surface area contributed by atoms with Crippen LogP contribution in [0, 0.1) is 47.5 Å². The van der Waals surface area contributed by atoms with Crippen molar-refractivity contribution < 1.29 is 0 Å². The van der Waals surface area contributed by atoms with E-state index in [1.54, 1.807) is 0 Å². The van der Waals surface area contributed by atoms with Gasteiger partial charge in [0.1, 0.15) is 0 Å². The van der Waals surface area contributed by atoms with Gasteiger partial charge in [0, 0.05) is 5.70 Å². The highest BCUT2D eigenvalue weighted by Gasteiger charge is 2.14. The van der Waals surface area contributed by atoms with Gasteiger partial charge in [-0.05, 0) is 93.9 Å². The molecular weight excluding hydrogens is 434 g/mol. The van der Waals surface area contributed by atoms with E-state index in [2.05, 4.69) is 142 Å². The molecule has 0 amide bonds. The van der Waals surface area contributed by atoms with Crippen molar-refractivity contribution in [1.29, 1.82) is 0 Å². The summed E-state index contributed by atoms with van der Waals surface area (Å²) in [6, 6.07) is 14.9. The van der Waals surface area contributed by atoms with E-state index < -0.39 is 0 Å². The van der Waals surface area contributed by atoms with Crippen LogP contribution in [-0.4, -0.2) is 0 Å². The molecule has 1 aliphatic carbocycles. The molecule has 0 spiro atoms. The molecule has 0 aliphatic heterocycles. The van der Waals surface area contributed by atoms with E-state index in [0.29, 0.717) is 5.70 Å². The molecule has 2 N–H and O–H groups in total.